The maximum Gasteiger partial charge on any atom is 0.332 e. The van der Waals surface area contributed by atoms with Gasteiger partial charge < -0.3 is 10.2 Å². The van der Waals surface area contributed by atoms with Crippen molar-refractivity contribution >= 4 is 29.2 Å². The molecule has 2 rings (SSSR count). The van der Waals surface area contributed by atoms with Gasteiger partial charge in [0.1, 0.15) is 5.69 Å². The van der Waals surface area contributed by atoms with Crippen molar-refractivity contribution in [2.45, 2.75) is 32.1 Å². The molecule has 1 N–H and O–H groups in total. The smallest absolute Gasteiger partial charge is 0.332 e. The van der Waals surface area contributed by atoms with Gasteiger partial charge in [0.05, 0.1) is 4.92 Å². The van der Waals surface area contributed by atoms with E-state index in [4.69, 9.17) is 0 Å². The first kappa shape index (κ1) is 14.8. The molecule has 0 radical (unpaired) electrons. The fraction of sp³-hybridized carbons (Fsp3) is 0.667. The number of thioether (sulfide) groups is 1. The molecule has 1 aliphatic heterocycles. The highest BCUT2D eigenvalue weighted by Gasteiger charge is 2.33. The topological polar surface area (TPSA) is 84.2 Å². The van der Waals surface area contributed by atoms with Crippen LogP contribution in [-0.2, 0) is 0 Å². The van der Waals surface area contributed by atoms with Gasteiger partial charge in [0.25, 0.3) is 0 Å². The van der Waals surface area contributed by atoms with Crippen LogP contribution in [0.3, 0.4) is 0 Å². The molecule has 8 heteroatoms. The number of nitrogens with one attached hydrogen (secondary N) is 1. The summed E-state index contributed by atoms with van der Waals surface area (Å²) >= 11 is 1.88. The fourth-order valence-electron chi connectivity index (χ4n) is 2.31. The Labute approximate surface area is 122 Å². The lowest BCUT2D eigenvalue weighted by Crippen LogP contribution is -2.45. The van der Waals surface area contributed by atoms with Crippen molar-refractivity contribution in [3.63, 3.8) is 0 Å². The van der Waals surface area contributed by atoms with Crippen LogP contribution in [0.4, 0.5) is 17.5 Å². The van der Waals surface area contributed by atoms with E-state index in [1.165, 1.54) is 0 Å². The fourth-order valence-corrected chi connectivity index (χ4v) is 3.41. The predicted molar refractivity (Wildman–Crippen MR) is 81.7 cm³/mol. The number of nitro groups is 1. The van der Waals surface area contributed by atoms with Gasteiger partial charge in [-0.2, -0.15) is 16.7 Å². The quantitative estimate of drug-likeness (QED) is 0.675. The Balaban J connectivity index is 2.53. The van der Waals surface area contributed by atoms with Crippen molar-refractivity contribution in [1.82, 2.24) is 9.97 Å². The van der Waals surface area contributed by atoms with Crippen LogP contribution in [0, 0.1) is 17.0 Å². The first-order chi connectivity index (χ1) is 9.45. The molecule has 0 saturated carbocycles. The highest BCUT2D eigenvalue weighted by molar-refractivity contribution is 8.00. The Morgan fingerprint density at radius 2 is 2.15 bits per heavy atom. The van der Waals surface area contributed by atoms with Gasteiger partial charge in [-0.25, -0.2) is 4.98 Å². The molecular formula is C12H19N5O2S. The minimum absolute atomic E-state index is 0.00921. The number of hydrogen-bond acceptors (Lipinski definition) is 7. The van der Waals surface area contributed by atoms with Crippen LogP contribution < -0.4 is 10.2 Å². The average molecular weight is 297 g/mol. The van der Waals surface area contributed by atoms with Crippen LogP contribution in [0.2, 0.25) is 0 Å². The zero-order valence-electron chi connectivity index (χ0n) is 12.1. The lowest BCUT2D eigenvalue weighted by Gasteiger charge is -2.38. The van der Waals surface area contributed by atoms with E-state index in [0.29, 0.717) is 22.7 Å². The van der Waals surface area contributed by atoms with Gasteiger partial charge in [0, 0.05) is 30.6 Å². The molecule has 0 bridgehead atoms. The van der Waals surface area contributed by atoms with Crippen LogP contribution >= 0.6 is 11.8 Å². The molecule has 0 aliphatic carbocycles. The monoisotopic (exact) mass is 297 g/mol. The second-order valence-electron chi connectivity index (χ2n) is 4.82. The van der Waals surface area contributed by atoms with E-state index in [1.807, 2.05) is 16.7 Å². The molecule has 2 atom stereocenters. The number of anilines is 2. The maximum absolute atomic E-state index is 11.3. The molecule has 1 aromatic rings. The summed E-state index contributed by atoms with van der Waals surface area (Å²) in [6.07, 6.45) is 0. The van der Waals surface area contributed by atoms with Gasteiger partial charge in [-0.15, -0.1) is 0 Å². The summed E-state index contributed by atoms with van der Waals surface area (Å²) in [5.41, 5.74) is 0.400. The van der Waals surface area contributed by atoms with Gasteiger partial charge >= 0.3 is 5.69 Å². The molecular weight excluding hydrogens is 278 g/mol. The molecule has 2 unspecified atom stereocenters. The lowest BCUT2D eigenvalue weighted by atomic mass is 10.2. The molecule has 7 nitrogen and oxygen atoms in total. The Bertz CT molecular complexity index is 525. The Morgan fingerprint density at radius 3 is 2.75 bits per heavy atom. The van der Waals surface area contributed by atoms with Crippen molar-refractivity contribution < 1.29 is 4.92 Å². The van der Waals surface area contributed by atoms with Crippen molar-refractivity contribution in [1.29, 1.82) is 0 Å². The number of hydrogen-bond donors (Lipinski definition) is 1. The lowest BCUT2D eigenvalue weighted by molar-refractivity contribution is -0.385. The van der Waals surface area contributed by atoms with E-state index >= 15 is 0 Å². The normalized spacial score (nSPS) is 22.7. The van der Waals surface area contributed by atoms with E-state index in [0.717, 1.165) is 12.3 Å². The maximum atomic E-state index is 11.3. The number of aromatic nitrogens is 2. The van der Waals surface area contributed by atoms with Gasteiger partial charge in [-0.05, 0) is 13.8 Å². The SMILES string of the molecule is CNc1nc(C)c([N+](=O)[O-])c(N2CCSC(C)C2C)n1. The second-order valence-corrected chi connectivity index (χ2v) is 6.31. The molecule has 0 spiro atoms. The molecule has 1 fully saturated rings. The summed E-state index contributed by atoms with van der Waals surface area (Å²) in [6.45, 7) is 6.63. The predicted octanol–water partition coefficient (Wildman–Crippen LogP) is 2.07. The molecule has 0 amide bonds. The summed E-state index contributed by atoms with van der Waals surface area (Å²) in [5, 5.41) is 14.6. The molecule has 110 valence electrons. The summed E-state index contributed by atoms with van der Waals surface area (Å²) in [4.78, 5) is 21.4. The van der Waals surface area contributed by atoms with E-state index in [1.54, 1.807) is 14.0 Å². The largest absolute Gasteiger partial charge is 0.357 e. The van der Waals surface area contributed by atoms with Crippen LogP contribution in [0.15, 0.2) is 0 Å². The molecule has 20 heavy (non-hydrogen) atoms. The highest BCUT2D eigenvalue weighted by Crippen LogP contribution is 2.35. The third-order valence-electron chi connectivity index (χ3n) is 3.60. The number of aryl methyl sites for hydroxylation is 1. The van der Waals surface area contributed by atoms with E-state index in [2.05, 4.69) is 29.1 Å². The van der Waals surface area contributed by atoms with Crippen LogP contribution in [-0.4, -0.2) is 45.5 Å². The van der Waals surface area contributed by atoms with Gasteiger partial charge in [-0.1, -0.05) is 6.92 Å². The Hall–Kier alpha value is -1.57. The Kier molecular flexibility index (Phi) is 4.32. The zero-order chi connectivity index (χ0) is 14.9. The molecule has 1 aliphatic rings. The van der Waals surface area contributed by atoms with Gasteiger partial charge in [-0.3, -0.25) is 10.1 Å². The number of rotatable bonds is 3. The first-order valence-corrected chi connectivity index (χ1v) is 7.59. The van der Waals surface area contributed by atoms with Crippen molar-refractivity contribution in [2.75, 3.05) is 29.6 Å². The number of nitrogens with zero attached hydrogens (tertiary/aromatic N) is 4. The second kappa shape index (κ2) is 5.82. The molecule has 2 heterocycles. The summed E-state index contributed by atoms with van der Waals surface area (Å²) < 4.78 is 0. The minimum Gasteiger partial charge on any atom is -0.357 e. The van der Waals surface area contributed by atoms with E-state index < -0.39 is 0 Å². The summed E-state index contributed by atoms with van der Waals surface area (Å²) in [7, 11) is 1.71. The molecule has 1 aromatic heterocycles. The highest BCUT2D eigenvalue weighted by atomic mass is 32.2. The van der Waals surface area contributed by atoms with Gasteiger partial charge in [0.2, 0.25) is 11.8 Å². The van der Waals surface area contributed by atoms with Crippen LogP contribution in [0.25, 0.3) is 0 Å². The van der Waals surface area contributed by atoms with E-state index in [-0.39, 0.29) is 16.7 Å². The Morgan fingerprint density at radius 1 is 1.45 bits per heavy atom. The molecule has 1 saturated heterocycles. The van der Waals surface area contributed by atoms with Crippen LogP contribution in [0.5, 0.6) is 0 Å². The van der Waals surface area contributed by atoms with E-state index in [9.17, 15) is 10.1 Å². The third-order valence-corrected chi connectivity index (χ3v) is 4.94. The summed E-state index contributed by atoms with van der Waals surface area (Å²) in [6, 6.07) is 0.200. The van der Waals surface area contributed by atoms with Crippen LogP contribution in [0.1, 0.15) is 19.5 Å². The summed E-state index contributed by atoms with van der Waals surface area (Å²) in [5.74, 6) is 1.79. The van der Waals surface area contributed by atoms with Crippen molar-refractivity contribution in [2.24, 2.45) is 0 Å². The third kappa shape index (κ3) is 2.65. The van der Waals surface area contributed by atoms with Crippen molar-refractivity contribution in [3.05, 3.63) is 15.8 Å². The van der Waals surface area contributed by atoms with Gasteiger partial charge in [0.15, 0.2) is 0 Å². The standard InChI is InChI=1S/C12H19N5O2S/c1-7-10(17(18)19)11(15-12(13-4)14-7)16-5-6-20-9(3)8(16)2/h8-9H,5-6H2,1-4H3,(H,13,14,15). The first-order valence-electron chi connectivity index (χ1n) is 6.54. The average Bonchev–Trinajstić information content (AvgIpc) is 2.40. The minimum atomic E-state index is -0.386. The molecule has 0 aromatic carbocycles. The zero-order valence-corrected chi connectivity index (χ0v) is 12.9. The van der Waals surface area contributed by atoms with Crippen molar-refractivity contribution in [3.8, 4) is 0 Å².